The van der Waals surface area contributed by atoms with Gasteiger partial charge in [-0.3, -0.25) is 0 Å². The Morgan fingerprint density at radius 1 is 1.21 bits per heavy atom. The molecule has 0 radical (unpaired) electrons. The molecule has 0 heterocycles. The van der Waals surface area contributed by atoms with E-state index in [0.29, 0.717) is 17.6 Å². The summed E-state index contributed by atoms with van der Waals surface area (Å²) < 4.78 is 25.0. The van der Waals surface area contributed by atoms with E-state index in [4.69, 9.17) is 5.73 Å². The molecule has 0 aromatic rings. The summed E-state index contributed by atoms with van der Waals surface area (Å²) in [6, 6.07) is -0.171. The highest BCUT2D eigenvalue weighted by Crippen LogP contribution is 2.39. The Hall–Kier alpha value is -0.0900. The van der Waals surface area contributed by atoms with E-state index >= 15 is 0 Å². The molecule has 3 unspecified atom stereocenters. The van der Waals surface area contributed by atoms with Crippen molar-refractivity contribution in [2.45, 2.75) is 71.6 Å². The lowest BCUT2D eigenvalue weighted by Gasteiger charge is -2.40. The van der Waals surface area contributed by atoms with Gasteiger partial charge in [-0.25, -0.2) is 8.42 Å². The second-order valence-electron chi connectivity index (χ2n) is 7.63. The molecular weight excluding hydrogens is 258 g/mol. The molecule has 1 saturated carbocycles. The predicted molar refractivity (Wildman–Crippen MR) is 81.8 cm³/mol. The topological polar surface area (TPSA) is 60.2 Å². The highest BCUT2D eigenvalue weighted by Gasteiger charge is 2.40. The van der Waals surface area contributed by atoms with Crippen LogP contribution >= 0.6 is 0 Å². The minimum atomic E-state index is -3.05. The minimum absolute atomic E-state index is 0.171. The van der Waals surface area contributed by atoms with Crippen LogP contribution in [0.15, 0.2) is 0 Å². The van der Waals surface area contributed by atoms with Gasteiger partial charge in [0.25, 0.3) is 0 Å². The maximum atomic E-state index is 12.5. The van der Waals surface area contributed by atoms with E-state index < -0.39 is 9.84 Å². The smallest absolute Gasteiger partial charge is 0.154 e. The zero-order valence-electron chi connectivity index (χ0n) is 13.1. The van der Waals surface area contributed by atoms with E-state index in [2.05, 4.69) is 34.6 Å². The van der Waals surface area contributed by atoms with Crippen LogP contribution < -0.4 is 5.73 Å². The summed E-state index contributed by atoms with van der Waals surface area (Å²) in [5.41, 5.74) is 6.27. The third kappa shape index (κ3) is 4.75. The lowest BCUT2D eigenvalue weighted by molar-refractivity contribution is 0.171. The van der Waals surface area contributed by atoms with Gasteiger partial charge in [-0.2, -0.15) is 0 Å². The minimum Gasteiger partial charge on any atom is -0.327 e. The Morgan fingerprint density at radius 3 is 2.26 bits per heavy atom. The van der Waals surface area contributed by atoms with E-state index in [0.717, 1.165) is 25.7 Å². The number of hydrogen-bond donors (Lipinski definition) is 1. The van der Waals surface area contributed by atoms with Crippen LogP contribution in [0.1, 0.15) is 60.3 Å². The SMILES string of the molecule is CC(C)CCS(=O)(=O)C1CC(C(C)(C)C)CCC1N. The highest BCUT2D eigenvalue weighted by molar-refractivity contribution is 7.92. The summed E-state index contributed by atoms with van der Waals surface area (Å²) in [4.78, 5) is 0. The molecule has 0 saturated heterocycles. The Balaban J connectivity index is 2.79. The average molecular weight is 289 g/mol. The first-order valence-corrected chi connectivity index (χ1v) is 9.22. The van der Waals surface area contributed by atoms with E-state index in [1.54, 1.807) is 0 Å². The van der Waals surface area contributed by atoms with Crippen molar-refractivity contribution in [3.05, 3.63) is 0 Å². The van der Waals surface area contributed by atoms with E-state index in [-0.39, 0.29) is 16.7 Å². The van der Waals surface area contributed by atoms with Gasteiger partial charge in [-0.15, -0.1) is 0 Å². The molecule has 19 heavy (non-hydrogen) atoms. The van der Waals surface area contributed by atoms with E-state index in [1.807, 2.05) is 0 Å². The van der Waals surface area contributed by atoms with Crippen LogP contribution in [-0.4, -0.2) is 25.5 Å². The molecule has 0 aromatic heterocycles. The van der Waals surface area contributed by atoms with Crippen LogP contribution in [0.2, 0.25) is 0 Å². The van der Waals surface area contributed by atoms with Crippen molar-refractivity contribution < 1.29 is 8.42 Å². The summed E-state index contributed by atoms with van der Waals surface area (Å²) >= 11 is 0. The number of nitrogens with two attached hydrogens (primary N) is 1. The summed E-state index contributed by atoms with van der Waals surface area (Å²) in [6.45, 7) is 10.7. The van der Waals surface area contributed by atoms with Gasteiger partial charge in [0.2, 0.25) is 0 Å². The van der Waals surface area contributed by atoms with Crippen molar-refractivity contribution in [3.8, 4) is 0 Å². The van der Waals surface area contributed by atoms with Crippen LogP contribution in [0.4, 0.5) is 0 Å². The van der Waals surface area contributed by atoms with Gasteiger partial charge in [0.15, 0.2) is 9.84 Å². The maximum Gasteiger partial charge on any atom is 0.154 e. The molecule has 2 N–H and O–H groups in total. The second kappa shape index (κ2) is 6.13. The zero-order chi connectivity index (χ0) is 14.8. The summed E-state index contributed by atoms with van der Waals surface area (Å²) in [5.74, 6) is 1.18. The van der Waals surface area contributed by atoms with Crippen LogP contribution in [0.5, 0.6) is 0 Å². The molecule has 1 rings (SSSR count). The van der Waals surface area contributed by atoms with Crippen molar-refractivity contribution in [1.29, 1.82) is 0 Å². The van der Waals surface area contributed by atoms with Crippen molar-refractivity contribution in [1.82, 2.24) is 0 Å². The molecule has 1 aliphatic carbocycles. The van der Waals surface area contributed by atoms with Crippen molar-refractivity contribution in [3.63, 3.8) is 0 Å². The van der Waals surface area contributed by atoms with Gasteiger partial charge >= 0.3 is 0 Å². The lowest BCUT2D eigenvalue weighted by Crippen LogP contribution is -2.48. The van der Waals surface area contributed by atoms with Gasteiger partial charge < -0.3 is 5.73 Å². The van der Waals surface area contributed by atoms with Crippen LogP contribution in [0.3, 0.4) is 0 Å². The van der Waals surface area contributed by atoms with Gasteiger partial charge in [0.1, 0.15) is 0 Å². The third-order valence-electron chi connectivity index (χ3n) is 4.51. The average Bonchev–Trinajstić information content (AvgIpc) is 2.25. The van der Waals surface area contributed by atoms with Gasteiger partial charge in [-0.05, 0) is 42.9 Å². The molecule has 0 amide bonds. The molecule has 4 heteroatoms. The molecule has 0 aliphatic heterocycles. The zero-order valence-corrected chi connectivity index (χ0v) is 14.0. The first-order chi connectivity index (χ1) is 8.54. The second-order valence-corrected chi connectivity index (χ2v) is 9.97. The first-order valence-electron chi connectivity index (χ1n) is 7.51. The van der Waals surface area contributed by atoms with Gasteiger partial charge in [0.05, 0.1) is 11.0 Å². The predicted octanol–water partition coefficient (Wildman–Crippen LogP) is 2.99. The summed E-state index contributed by atoms with van der Waals surface area (Å²) in [6.07, 6.45) is 3.38. The normalized spacial score (nSPS) is 29.7. The van der Waals surface area contributed by atoms with Crippen LogP contribution in [0, 0.1) is 17.3 Å². The molecule has 3 atom stereocenters. The van der Waals surface area contributed by atoms with Gasteiger partial charge in [-0.1, -0.05) is 34.6 Å². The molecule has 0 aromatic carbocycles. The fraction of sp³-hybridized carbons (Fsp3) is 1.00. The molecule has 0 spiro atoms. The number of hydrogen-bond acceptors (Lipinski definition) is 3. The number of rotatable bonds is 4. The van der Waals surface area contributed by atoms with Crippen molar-refractivity contribution in [2.24, 2.45) is 23.0 Å². The summed E-state index contributed by atoms with van der Waals surface area (Å²) in [7, 11) is -3.05. The molecule has 0 bridgehead atoms. The van der Waals surface area contributed by atoms with Crippen molar-refractivity contribution >= 4 is 9.84 Å². The van der Waals surface area contributed by atoms with E-state index in [9.17, 15) is 8.42 Å². The Morgan fingerprint density at radius 2 is 1.79 bits per heavy atom. The quantitative estimate of drug-likeness (QED) is 0.865. The third-order valence-corrected chi connectivity index (χ3v) is 6.78. The molecular formula is C15H31NO2S. The monoisotopic (exact) mass is 289 g/mol. The van der Waals surface area contributed by atoms with Crippen molar-refractivity contribution in [2.75, 3.05) is 5.75 Å². The largest absolute Gasteiger partial charge is 0.327 e. The molecule has 3 nitrogen and oxygen atoms in total. The Bertz CT molecular complexity index is 381. The Labute approximate surface area is 119 Å². The van der Waals surface area contributed by atoms with E-state index in [1.165, 1.54) is 0 Å². The highest BCUT2D eigenvalue weighted by atomic mass is 32.2. The standard InChI is InChI=1S/C15H31NO2S/c1-11(2)8-9-19(17,18)14-10-12(15(3,4)5)6-7-13(14)16/h11-14H,6-10,16H2,1-5H3. The summed E-state index contributed by atoms with van der Waals surface area (Å²) in [5, 5.41) is -0.329. The van der Waals surface area contributed by atoms with Crippen LogP contribution in [-0.2, 0) is 9.84 Å². The Kier molecular flexibility index (Phi) is 5.47. The fourth-order valence-corrected chi connectivity index (χ4v) is 5.20. The first kappa shape index (κ1) is 17.0. The molecule has 1 aliphatic rings. The van der Waals surface area contributed by atoms with Crippen LogP contribution in [0.25, 0.3) is 0 Å². The number of sulfone groups is 1. The van der Waals surface area contributed by atoms with Gasteiger partial charge in [0, 0.05) is 6.04 Å². The maximum absolute atomic E-state index is 12.5. The molecule has 1 fully saturated rings. The fourth-order valence-electron chi connectivity index (χ4n) is 2.90. The molecule has 114 valence electrons. The lowest BCUT2D eigenvalue weighted by atomic mass is 9.71.